The molecule has 0 bridgehead atoms. The Morgan fingerprint density at radius 1 is 1.40 bits per heavy atom. The highest BCUT2D eigenvalue weighted by Gasteiger charge is 2.20. The maximum absolute atomic E-state index is 12.3. The predicted octanol–water partition coefficient (Wildman–Crippen LogP) is 2.12. The molecule has 1 aromatic carbocycles. The number of carboxylic acids is 1. The lowest BCUT2D eigenvalue weighted by molar-refractivity contribution is -0.131. The van der Waals surface area contributed by atoms with Crippen LogP contribution in [-0.4, -0.2) is 37.4 Å². The maximum Gasteiger partial charge on any atom is 0.328 e. The molecule has 0 aliphatic heterocycles. The molecule has 0 saturated carbocycles. The summed E-state index contributed by atoms with van der Waals surface area (Å²) in [5.41, 5.74) is 1.40. The van der Waals surface area contributed by atoms with Gasteiger partial charge < -0.3 is 5.11 Å². The van der Waals surface area contributed by atoms with Crippen LogP contribution in [0, 0.1) is 6.92 Å². The lowest BCUT2D eigenvalue weighted by Gasteiger charge is -2.16. The second-order valence-electron chi connectivity index (χ2n) is 4.52. The van der Waals surface area contributed by atoms with Crippen molar-refractivity contribution in [2.24, 2.45) is 0 Å². The van der Waals surface area contributed by atoms with E-state index in [1.807, 2.05) is 6.92 Å². The lowest BCUT2D eigenvalue weighted by atomic mass is 10.1. The highest BCUT2D eigenvalue weighted by molar-refractivity contribution is 7.89. The van der Waals surface area contributed by atoms with Crippen LogP contribution in [0.4, 0.5) is 0 Å². The van der Waals surface area contributed by atoms with Crippen molar-refractivity contribution in [2.75, 3.05) is 13.6 Å². The Labute approximate surface area is 119 Å². The molecule has 0 atom stereocenters. The van der Waals surface area contributed by atoms with E-state index in [1.165, 1.54) is 16.4 Å². The molecule has 20 heavy (non-hydrogen) atoms. The molecule has 6 heteroatoms. The molecule has 5 nitrogen and oxygen atoms in total. The summed E-state index contributed by atoms with van der Waals surface area (Å²) >= 11 is 0. The van der Waals surface area contributed by atoms with Gasteiger partial charge in [0.05, 0.1) is 4.90 Å². The SMILES string of the molecule is CCCN(C)S(=O)(=O)c1ccc(C=CC(=O)O)c(C)c1. The number of benzene rings is 1. The smallest absolute Gasteiger partial charge is 0.328 e. The molecule has 0 fully saturated rings. The molecule has 1 aromatic rings. The van der Waals surface area contributed by atoms with Crippen LogP contribution >= 0.6 is 0 Å². The number of aliphatic carboxylic acids is 1. The molecule has 1 rings (SSSR count). The maximum atomic E-state index is 12.3. The minimum Gasteiger partial charge on any atom is -0.478 e. The molecule has 0 aromatic heterocycles. The van der Waals surface area contributed by atoms with Crippen molar-refractivity contribution in [3.05, 3.63) is 35.4 Å². The Morgan fingerprint density at radius 2 is 2.05 bits per heavy atom. The number of hydrogen-bond donors (Lipinski definition) is 1. The topological polar surface area (TPSA) is 74.7 Å². The number of carbonyl (C=O) groups is 1. The van der Waals surface area contributed by atoms with E-state index in [2.05, 4.69) is 0 Å². The van der Waals surface area contributed by atoms with Gasteiger partial charge in [0.25, 0.3) is 0 Å². The van der Waals surface area contributed by atoms with Gasteiger partial charge in [0.2, 0.25) is 10.0 Å². The van der Waals surface area contributed by atoms with Crippen molar-refractivity contribution in [2.45, 2.75) is 25.2 Å². The average Bonchev–Trinajstić information content (AvgIpc) is 2.37. The zero-order valence-electron chi connectivity index (χ0n) is 11.8. The van der Waals surface area contributed by atoms with E-state index in [-0.39, 0.29) is 4.90 Å². The summed E-state index contributed by atoms with van der Waals surface area (Å²) in [7, 11) is -1.93. The van der Waals surface area contributed by atoms with E-state index in [1.54, 1.807) is 26.1 Å². The molecule has 0 saturated heterocycles. The molecule has 1 N–H and O–H groups in total. The van der Waals surface area contributed by atoms with E-state index in [9.17, 15) is 13.2 Å². The van der Waals surface area contributed by atoms with Gasteiger partial charge in [-0.25, -0.2) is 17.5 Å². The Balaban J connectivity index is 3.12. The minimum absolute atomic E-state index is 0.221. The molecule has 0 amide bonds. The Hall–Kier alpha value is -1.66. The third-order valence-electron chi connectivity index (χ3n) is 2.89. The fourth-order valence-corrected chi connectivity index (χ4v) is 3.12. The van der Waals surface area contributed by atoms with Crippen LogP contribution in [0.2, 0.25) is 0 Å². The quantitative estimate of drug-likeness (QED) is 0.816. The van der Waals surface area contributed by atoms with Gasteiger partial charge in [-0.2, -0.15) is 0 Å². The summed E-state index contributed by atoms with van der Waals surface area (Å²) in [5.74, 6) is -1.04. The largest absolute Gasteiger partial charge is 0.478 e. The van der Waals surface area contributed by atoms with Gasteiger partial charge in [-0.3, -0.25) is 0 Å². The summed E-state index contributed by atoms with van der Waals surface area (Å²) in [6.45, 7) is 4.12. The molecule has 0 radical (unpaired) electrons. The first-order valence-corrected chi connectivity index (χ1v) is 7.71. The van der Waals surface area contributed by atoms with Crippen LogP contribution in [0.15, 0.2) is 29.2 Å². The van der Waals surface area contributed by atoms with E-state index in [0.29, 0.717) is 17.7 Å². The highest BCUT2D eigenvalue weighted by atomic mass is 32.2. The molecule has 0 aliphatic carbocycles. The summed E-state index contributed by atoms with van der Waals surface area (Å²) in [6.07, 6.45) is 3.22. The van der Waals surface area contributed by atoms with Gasteiger partial charge in [0, 0.05) is 19.7 Å². The Morgan fingerprint density at radius 3 is 2.55 bits per heavy atom. The van der Waals surface area contributed by atoms with Crippen molar-refractivity contribution in [1.29, 1.82) is 0 Å². The molecule has 0 heterocycles. The van der Waals surface area contributed by atoms with E-state index >= 15 is 0 Å². The lowest BCUT2D eigenvalue weighted by Crippen LogP contribution is -2.27. The van der Waals surface area contributed by atoms with Gasteiger partial charge in [0.1, 0.15) is 0 Å². The van der Waals surface area contributed by atoms with Crippen molar-refractivity contribution >= 4 is 22.1 Å². The van der Waals surface area contributed by atoms with E-state index in [4.69, 9.17) is 5.11 Å². The first kappa shape index (κ1) is 16.4. The normalized spacial score (nSPS) is 12.2. The third kappa shape index (κ3) is 3.91. The van der Waals surface area contributed by atoms with E-state index in [0.717, 1.165) is 12.5 Å². The number of nitrogens with zero attached hydrogens (tertiary/aromatic N) is 1. The van der Waals surface area contributed by atoms with Crippen LogP contribution in [-0.2, 0) is 14.8 Å². The van der Waals surface area contributed by atoms with Gasteiger partial charge in [-0.1, -0.05) is 13.0 Å². The molecular formula is C14H19NO4S. The van der Waals surface area contributed by atoms with Crippen LogP contribution < -0.4 is 0 Å². The zero-order valence-corrected chi connectivity index (χ0v) is 12.6. The average molecular weight is 297 g/mol. The summed E-state index contributed by atoms with van der Waals surface area (Å²) < 4.78 is 25.8. The van der Waals surface area contributed by atoms with Crippen molar-refractivity contribution in [3.63, 3.8) is 0 Å². The highest BCUT2D eigenvalue weighted by Crippen LogP contribution is 2.19. The second kappa shape index (κ2) is 6.67. The summed E-state index contributed by atoms with van der Waals surface area (Å²) in [6, 6.07) is 4.67. The monoisotopic (exact) mass is 297 g/mol. The number of sulfonamides is 1. The van der Waals surface area contributed by atoms with Gasteiger partial charge >= 0.3 is 5.97 Å². The fraction of sp³-hybridized carbons (Fsp3) is 0.357. The first-order valence-electron chi connectivity index (χ1n) is 6.27. The van der Waals surface area contributed by atoms with Crippen molar-refractivity contribution < 1.29 is 18.3 Å². The molecular weight excluding hydrogens is 278 g/mol. The van der Waals surface area contributed by atoms with Crippen molar-refractivity contribution in [3.8, 4) is 0 Å². The number of aryl methyl sites for hydroxylation is 1. The zero-order chi connectivity index (χ0) is 15.3. The molecule has 0 aliphatic rings. The standard InChI is InChI=1S/C14H19NO4S/c1-4-9-15(3)20(18,19)13-7-5-12(11(2)10-13)6-8-14(16)17/h5-8,10H,4,9H2,1-3H3,(H,16,17). The fourth-order valence-electron chi connectivity index (χ4n) is 1.77. The van der Waals surface area contributed by atoms with Gasteiger partial charge in [-0.05, 0) is 42.7 Å². The molecule has 0 unspecified atom stereocenters. The third-order valence-corrected chi connectivity index (χ3v) is 4.75. The Kier molecular flexibility index (Phi) is 5.47. The van der Waals surface area contributed by atoms with Crippen LogP contribution in [0.5, 0.6) is 0 Å². The van der Waals surface area contributed by atoms with Crippen LogP contribution in [0.1, 0.15) is 24.5 Å². The van der Waals surface area contributed by atoms with Gasteiger partial charge in [0.15, 0.2) is 0 Å². The summed E-state index contributed by atoms with van der Waals surface area (Å²) in [5, 5.41) is 8.59. The second-order valence-corrected chi connectivity index (χ2v) is 6.56. The number of rotatable bonds is 6. The Bertz CT molecular complexity index is 620. The van der Waals surface area contributed by atoms with Crippen molar-refractivity contribution in [1.82, 2.24) is 4.31 Å². The van der Waals surface area contributed by atoms with Crippen LogP contribution in [0.25, 0.3) is 6.08 Å². The minimum atomic E-state index is -3.48. The van der Waals surface area contributed by atoms with Gasteiger partial charge in [-0.15, -0.1) is 0 Å². The van der Waals surface area contributed by atoms with Crippen LogP contribution in [0.3, 0.4) is 0 Å². The van der Waals surface area contributed by atoms with E-state index < -0.39 is 16.0 Å². The molecule has 110 valence electrons. The first-order chi connectivity index (χ1) is 9.28. The number of carboxylic acid groups (broad SMARTS) is 1. The molecule has 0 spiro atoms. The summed E-state index contributed by atoms with van der Waals surface area (Å²) in [4.78, 5) is 10.7. The predicted molar refractivity (Wildman–Crippen MR) is 78.0 cm³/mol. The number of hydrogen-bond acceptors (Lipinski definition) is 3.